The summed E-state index contributed by atoms with van der Waals surface area (Å²) in [5.74, 6) is 2.87. The molecule has 1 fully saturated rings. The molecule has 1 aliphatic rings. The van der Waals surface area contributed by atoms with Crippen molar-refractivity contribution >= 4 is 17.8 Å². The topological polar surface area (TPSA) is 140 Å². The SMILES string of the molecule is C#CCOCCOCCOCCOCCn1cc(C(=O)Nc2cc([C@H]3CC[C@@H](OC(=O)NC(C)C)C3)nn2C(C)(C)C)cn1. The number of carbonyl (C=O) groups excluding carboxylic acids is 2. The highest BCUT2D eigenvalue weighted by Crippen LogP contribution is 2.37. The zero-order chi connectivity index (χ0) is 32.0. The smallest absolute Gasteiger partial charge is 0.407 e. The predicted octanol–water partition coefficient (Wildman–Crippen LogP) is 3.56. The van der Waals surface area contributed by atoms with Gasteiger partial charge in [-0.05, 0) is 53.9 Å². The molecule has 1 aliphatic carbocycles. The molecule has 44 heavy (non-hydrogen) atoms. The molecule has 0 aliphatic heterocycles. The van der Waals surface area contributed by atoms with Crippen LogP contribution in [-0.2, 0) is 35.8 Å². The van der Waals surface area contributed by atoms with Gasteiger partial charge in [-0.25, -0.2) is 9.48 Å². The number of nitrogens with zero attached hydrogens (tertiary/aromatic N) is 4. The van der Waals surface area contributed by atoms with Crippen molar-refractivity contribution in [2.75, 3.05) is 58.2 Å². The van der Waals surface area contributed by atoms with Crippen molar-refractivity contribution in [2.45, 2.75) is 84.0 Å². The number of amides is 2. The van der Waals surface area contributed by atoms with Gasteiger partial charge in [0, 0.05) is 24.2 Å². The van der Waals surface area contributed by atoms with Gasteiger partial charge in [-0.15, -0.1) is 6.42 Å². The highest BCUT2D eigenvalue weighted by Gasteiger charge is 2.32. The number of rotatable bonds is 18. The molecule has 0 bridgehead atoms. The van der Waals surface area contributed by atoms with E-state index in [4.69, 9.17) is 35.2 Å². The van der Waals surface area contributed by atoms with Crippen LogP contribution in [0, 0.1) is 12.3 Å². The third kappa shape index (κ3) is 11.9. The Hall–Kier alpha value is -3.44. The molecule has 2 N–H and O–H groups in total. The minimum atomic E-state index is -0.392. The van der Waals surface area contributed by atoms with Crippen LogP contribution in [0.25, 0.3) is 0 Å². The standard InChI is InChI=1S/C31H48N6O7/c1-7-11-40-13-15-42-17-18-43-16-14-41-12-10-36-22-25(21-32-36)29(38)34-28-20-27(35-37(28)31(4,5)6)24-8-9-26(19-24)44-30(39)33-23(2)3/h1,20-24,26H,8-19H2,2-6H3,(H,33,39)(H,34,38)/t24-,26+/m0/s1. The normalized spacial score (nSPS) is 16.7. The van der Waals surface area contributed by atoms with E-state index in [1.165, 1.54) is 6.20 Å². The molecule has 2 aromatic heterocycles. The molecule has 13 nitrogen and oxygen atoms in total. The minimum Gasteiger partial charge on any atom is -0.446 e. The lowest BCUT2D eigenvalue weighted by molar-refractivity contribution is 0.000232. The summed E-state index contributed by atoms with van der Waals surface area (Å²) in [5, 5.41) is 14.9. The van der Waals surface area contributed by atoms with E-state index in [9.17, 15) is 9.59 Å². The third-order valence-corrected chi connectivity index (χ3v) is 6.75. The molecule has 3 rings (SSSR count). The second-order valence-corrected chi connectivity index (χ2v) is 11.9. The van der Waals surface area contributed by atoms with E-state index in [0.717, 1.165) is 18.5 Å². The van der Waals surface area contributed by atoms with E-state index in [0.29, 0.717) is 70.6 Å². The highest BCUT2D eigenvalue weighted by atomic mass is 16.6. The zero-order valence-corrected chi connectivity index (χ0v) is 26.7. The number of hydrogen-bond acceptors (Lipinski definition) is 9. The van der Waals surface area contributed by atoms with Crippen LogP contribution in [0.15, 0.2) is 18.5 Å². The summed E-state index contributed by atoms with van der Waals surface area (Å²) < 4.78 is 30.7. The Morgan fingerprint density at radius 3 is 2.34 bits per heavy atom. The van der Waals surface area contributed by atoms with Crippen molar-refractivity contribution in [1.29, 1.82) is 0 Å². The average molecular weight is 617 g/mol. The molecule has 0 spiro atoms. The van der Waals surface area contributed by atoms with Crippen LogP contribution in [0.4, 0.5) is 10.6 Å². The van der Waals surface area contributed by atoms with E-state index in [-0.39, 0.29) is 36.1 Å². The highest BCUT2D eigenvalue weighted by molar-refractivity contribution is 6.03. The fraction of sp³-hybridized carbons (Fsp3) is 0.677. The summed E-state index contributed by atoms with van der Waals surface area (Å²) in [7, 11) is 0. The first-order valence-electron chi connectivity index (χ1n) is 15.2. The van der Waals surface area contributed by atoms with Crippen molar-refractivity contribution in [3.05, 3.63) is 29.7 Å². The summed E-state index contributed by atoms with van der Waals surface area (Å²) in [5.41, 5.74) is 0.953. The zero-order valence-electron chi connectivity index (χ0n) is 26.7. The fourth-order valence-electron chi connectivity index (χ4n) is 4.68. The molecule has 244 valence electrons. The number of alkyl carbamates (subject to hydrolysis) is 1. The van der Waals surface area contributed by atoms with Crippen molar-refractivity contribution in [1.82, 2.24) is 24.9 Å². The molecule has 0 unspecified atom stereocenters. The van der Waals surface area contributed by atoms with Crippen molar-refractivity contribution in [3.63, 3.8) is 0 Å². The van der Waals surface area contributed by atoms with E-state index in [2.05, 4.69) is 21.7 Å². The first kappa shape index (κ1) is 35.0. The van der Waals surface area contributed by atoms with Crippen molar-refractivity contribution < 1.29 is 33.3 Å². The summed E-state index contributed by atoms with van der Waals surface area (Å²) in [6.07, 6.45) is 10.1. The summed E-state index contributed by atoms with van der Waals surface area (Å²) in [6, 6.07) is 1.94. The van der Waals surface area contributed by atoms with Gasteiger partial charge in [0.15, 0.2) is 0 Å². The molecule has 0 saturated heterocycles. The Morgan fingerprint density at radius 2 is 1.70 bits per heavy atom. The number of nitrogens with one attached hydrogen (secondary N) is 2. The molecule has 0 aromatic carbocycles. The van der Waals surface area contributed by atoms with Gasteiger partial charge in [-0.3, -0.25) is 9.48 Å². The molecule has 1 saturated carbocycles. The Labute approximate surface area is 260 Å². The van der Waals surface area contributed by atoms with Crippen molar-refractivity contribution in [2.24, 2.45) is 0 Å². The van der Waals surface area contributed by atoms with Gasteiger partial charge in [-0.2, -0.15) is 10.2 Å². The number of ether oxygens (including phenoxy) is 5. The number of carbonyl (C=O) groups is 2. The van der Waals surface area contributed by atoms with Crippen LogP contribution in [-0.4, -0.2) is 96.6 Å². The minimum absolute atomic E-state index is 0.0210. The first-order chi connectivity index (χ1) is 21.1. The molecule has 2 heterocycles. The third-order valence-electron chi connectivity index (χ3n) is 6.75. The lowest BCUT2D eigenvalue weighted by Gasteiger charge is -2.22. The molecule has 2 aromatic rings. The Bertz CT molecular complexity index is 1210. The average Bonchev–Trinajstić information content (AvgIpc) is 3.71. The number of aromatic nitrogens is 4. The molecule has 0 radical (unpaired) electrons. The Balaban J connectivity index is 1.41. The monoisotopic (exact) mass is 616 g/mol. The lowest BCUT2D eigenvalue weighted by Crippen LogP contribution is -2.33. The Kier molecular flexibility index (Phi) is 14.1. The number of terminal acetylenes is 1. The first-order valence-corrected chi connectivity index (χ1v) is 15.2. The van der Waals surface area contributed by atoms with E-state index in [1.54, 1.807) is 10.9 Å². The molecule has 2 amide bonds. The molecule has 13 heteroatoms. The maximum absolute atomic E-state index is 13.1. The summed E-state index contributed by atoms with van der Waals surface area (Å²) in [4.78, 5) is 25.2. The van der Waals surface area contributed by atoms with Crippen LogP contribution in [0.3, 0.4) is 0 Å². The van der Waals surface area contributed by atoms with Gasteiger partial charge in [0.2, 0.25) is 0 Å². The van der Waals surface area contributed by atoms with Gasteiger partial charge in [0.25, 0.3) is 5.91 Å². The van der Waals surface area contributed by atoms with Crippen LogP contribution >= 0.6 is 0 Å². The van der Waals surface area contributed by atoms with Crippen LogP contribution < -0.4 is 10.6 Å². The molecular weight excluding hydrogens is 568 g/mol. The largest absolute Gasteiger partial charge is 0.446 e. The van der Waals surface area contributed by atoms with E-state index in [1.807, 2.05) is 45.4 Å². The fourth-order valence-corrected chi connectivity index (χ4v) is 4.68. The summed E-state index contributed by atoms with van der Waals surface area (Å²) >= 11 is 0. The maximum Gasteiger partial charge on any atom is 0.407 e. The van der Waals surface area contributed by atoms with Crippen LogP contribution in [0.5, 0.6) is 0 Å². The van der Waals surface area contributed by atoms with E-state index >= 15 is 0 Å². The van der Waals surface area contributed by atoms with Crippen LogP contribution in [0.2, 0.25) is 0 Å². The van der Waals surface area contributed by atoms with Crippen molar-refractivity contribution in [3.8, 4) is 12.3 Å². The predicted molar refractivity (Wildman–Crippen MR) is 165 cm³/mol. The van der Waals surface area contributed by atoms with Gasteiger partial charge < -0.3 is 34.3 Å². The van der Waals surface area contributed by atoms with E-state index < -0.39 is 6.09 Å². The van der Waals surface area contributed by atoms with Crippen LogP contribution in [0.1, 0.15) is 75.9 Å². The number of anilines is 1. The maximum atomic E-state index is 13.1. The number of hydrogen-bond donors (Lipinski definition) is 2. The summed E-state index contributed by atoms with van der Waals surface area (Å²) in [6.45, 7) is 13.9. The second-order valence-electron chi connectivity index (χ2n) is 11.9. The van der Waals surface area contributed by atoms with Gasteiger partial charge in [-0.1, -0.05) is 5.92 Å². The Morgan fingerprint density at radius 1 is 1.05 bits per heavy atom. The van der Waals surface area contributed by atoms with Gasteiger partial charge >= 0.3 is 6.09 Å². The second kappa shape index (κ2) is 17.8. The van der Waals surface area contributed by atoms with Gasteiger partial charge in [0.1, 0.15) is 18.5 Å². The molecule has 2 atom stereocenters. The van der Waals surface area contributed by atoms with Gasteiger partial charge in [0.05, 0.1) is 75.8 Å². The quantitative estimate of drug-likeness (QED) is 0.190. The molecular formula is C31H48N6O7. The lowest BCUT2D eigenvalue weighted by atomic mass is 10.0.